The standard InChI is InChI=1S/C14H18O5/c15-14(13-9-16-6-7-19-13)10-2-3-11-12(8-10)18-5-1-4-17-11/h2-3,8,13-15H,1,4-7,9H2. The predicted molar refractivity (Wildman–Crippen MR) is 67.6 cm³/mol. The number of hydrogen-bond acceptors (Lipinski definition) is 5. The van der Waals surface area contributed by atoms with Crippen LogP contribution < -0.4 is 9.47 Å². The highest BCUT2D eigenvalue weighted by Gasteiger charge is 2.25. The summed E-state index contributed by atoms with van der Waals surface area (Å²) in [5, 5.41) is 10.3. The van der Waals surface area contributed by atoms with E-state index in [1.165, 1.54) is 0 Å². The Morgan fingerprint density at radius 1 is 1.05 bits per heavy atom. The number of benzene rings is 1. The van der Waals surface area contributed by atoms with Gasteiger partial charge in [-0.2, -0.15) is 0 Å². The number of fused-ring (bicyclic) bond motifs is 1. The van der Waals surface area contributed by atoms with E-state index >= 15 is 0 Å². The zero-order valence-corrected chi connectivity index (χ0v) is 10.7. The van der Waals surface area contributed by atoms with Gasteiger partial charge in [0.1, 0.15) is 12.2 Å². The fraction of sp³-hybridized carbons (Fsp3) is 0.571. The highest BCUT2D eigenvalue weighted by Crippen LogP contribution is 2.33. The molecule has 0 bridgehead atoms. The molecular weight excluding hydrogens is 248 g/mol. The maximum atomic E-state index is 10.3. The Balaban J connectivity index is 1.78. The molecule has 0 radical (unpaired) electrons. The van der Waals surface area contributed by atoms with E-state index in [0.29, 0.717) is 38.8 Å². The molecule has 19 heavy (non-hydrogen) atoms. The quantitative estimate of drug-likeness (QED) is 0.874. The summed E-state index contributed by atoms with van der Waals surface area (Å²) in [5.41, 5.74) is 0.764. The van der Waals surface area contributed by atoms with Gasteiger partial charge in [0.2, 0.25) is 0 Å². The lowest BCUT2D eigenvalue weighted by Crippen LogP contribution is -2.33. The van der Waals surface area contributed by atoms with Crippen molar-refractivity contribution in [1.82, 2.24) is 0 Å². The molecule has 5 heteroatoms. The van der Waals surface area contributed by atoms with Crippen molar-refractivity contribution in [1.29, 1.82) is 0 Å². The summed E-state index contributed by atoms with van der Waals surface area (Å²) >= 11 is 0. The van der Waals surface area contributed by atoms with Gasteiger partial charge in [-0.25, -0.2) is 0 Å². The summed E-state index contributed by atoms with van der Waals surface area (Å²) in [4.78, 5) is 0. The van der Waals surface area contributed by atoms with Crippen LogP contribution in [-0.2, 0) is 9.47 Å². The minimum absolute atomic E-state index is 0.321. The molecule has 2 unspecified atom stereocenters. The van der Waals surface area contributed by atoms with E-state index < -0.39 is 6.10 Å². The molecule has 1 saturated heterocycles. The van der Waals surface area contributed by atoms with Crippen LogP contribution in [0.4, 0.5) is 0 Å². The molecular formula is C14H18O5. The molecule has 0 aromatic heterocycles. The van der Waals surface area contributed by atoms with Gasteiger partial charge in [-0.05, 0) is 17.7 Å². The molecule has 0 spiro atoms. The van der Waals surface area contributed by atoms with Crippen LogP contribution in [0.1, 0.15) is 18.1 Å². The second-order valence-corrected chi connectivity index (χ2v) is 4.69. The molecule has 2 aliphatic rings. The average molecular weight is 266 g/mol. The summed E-state index contributed by atoms with van der Waals surface area (Å²) in [6.45, 7) is 2.82. The Hall–Kier alpha value is -1.30. The average Bonchev–Trinajstić information content (AvgIpc) is 2.72. The van der Waals surface area contributed by atoms with Gasteiger partial charge in [0.05, 0.1) is 33.0 Å². The molecule has 3 rings (SSSR count). The molecule has 2 atom stereocenters. The van der Waals surface area contributed by atoms with Crippen LogP contribution in [0.3, 0.4) is 0 Å². The number of rotatable bonds is 2. The van der Waals surface area contributed by atoms with Crippen LogP contribution in [0, 0.1) is 0 Å². The maximum absolute atomic E-state index is 10.3. The smallest absolute Gasteiger partial charge is 0.161 e. The maximum Gasteiger partial charge on any atom is 0.161 e. The third-order valence-corrected chi connectivity index (χ3v) is 3.31. The van der Waals surface area contributed by atoms with Crippen LogP contribution in [0.25, 0.3) is 0 Å². The van der Waals surface area contributed by atoms with Gasteiger partial charge in [0.25, 0.3) is 0 Å². The minimum atomic E-state index is -0.711. The van der Waals surface area contributed by atoms with Crippen LogP contribution >= 0.6 is 0 Å². The molecule has 1 N–H and O–H groups in total. The summed E-state index contributed by atoms with van der Waals surface area (Å²) in [5.74, 6) is 1.42. The van der Waals surface area contributed by atoms with Crippen LogP contribution in [0.2, 0.25) is 0 Å². The van der Waals surface area contributed by atoms with Crippen molar-refractivity contribution < 1.29 is 24.1 Å². The lowest BCUT2D eigenvalue weighted by atomic mass is 10.0. The summed E-state index contributed by atoms with van der Waals surface area (Å²) in [7, 11) is 0. The van der Waals surface area contributed by atoms with Crippen molar-refractivity contribution in [2.45, 2.75) is 18.6 Å². The molecule has 2 heterocycles. The predicted octanol–water partition coefficient (Wildman–Crippen LogP) is 1.30. The van der Waals surface area contributed by atoms with Crippen LogP contribution in [-0.4, -0.2) is 44.2 Å². The molecule has 2 aliphatic heterocycles. The largest absolute Gasteiger partial charge is 0.490 e. The van der Waals surface area contributed by atoms with E-state index in [1.807, 2.05) is 18.2 Å². The molecule has 0 amide bonds. The van der Waals surface area contributed by atoms with E-state index in [2.05, 4.69) is 0 Å². The Kier molecular flexibility index (Phi) is 3.87. The van der Waals surface area contributed by atoms with Gasteiger partial charge < -0.3 is 24.1 Å². The fourth-order valence-electron chi connectivity index (χ4n) is 2.27. The molecule has 0 aliphatic carbocycles. The van der Waals surface area contributed by atoms with Gasteiger partial charge in [-0.1, -0.05) is 6.07 Å². The van der Waals surface area contributed by atoms with Crippen molar-refractivity contribution in [3.63, 3.8) is 0 Å². The van der Waals surface area contributed by atoms with E-state index in [9.17, 15) is 5.11 Å². The third-order valence-electron chi connectivity index (χ3n) is 3.31. The van der Waals surface area contributed by atoms with Crippen molar-refractivity contribution in [3.8, 4) is 11.5 Å². The monoisotopic (exact) mass is 266 g/mol. The van der Waals surface area contributed by atoms with Crippen molar-refractivity contribution in [3.05, 3.63) is 23.8 Å². The normalized spacial score (nSPS) is 24.6. The summed E-state index contributed by atoms with van der Waals surface area (Å²) < 4.78 is 22.0. The molecule has 104 valence electrons. The van der Waals surface area contributed by atoms with Gasteiger partial charge in [0.15, 0.2) is 11.5 Å². The number of ether oxygens (including phenoxy) is 4. The van der Waals surface area contributed by atoms with Gasteiger partial charge in [-0.15, -0.1) is 0 Å². The highest BCUT2D eigenvalue weighted by atomic mass is 16.6. The number of aliphatic hydroxyl groups excluding tert-OH is 1. The SMILES string of the molecule is OC(c1ccc2c(c1)OCCCO2)C1COCCO1. The van der Waals surface area contributed by atoms with Crippen molar-refractivity contribution in [2.75, 3.05) is 33.0 Å². The highest BCUT2D eigenvalue weighted by molar-refractivity contribution is 5.44. The fourth-order valence-corrected chi connectivity index (χ4v) is 2.27. The zero-order valence-electron chi connectivity index (χ0n) is 10.7. The van der Waals surface area contributed by atoms with E-state index in [0.717, 1.165) is 17.7 Å². The second kappa shape index (κ2) is 5.77. The van der Waals surface area contributed by atoms with Crippen molar-refractivity contribution in [2.24, 2.45) is 0 Å². The van der Waals surface area contributed by atoms with Gasteiger partial charge in [-0.3, -0.25) is 0 Å². The Bertz CT molecular complexity index is 428. The minimum Gasteiger partial charge on any atom is -0.490 e. The van der Waals surface area contributed by atoms with Crippen LogP contribution in [0.5, 0.6) is 11.5 Å². The summed E-state index contributed by atoms with van der Waals surface area (Å²) in [6.07, 6.45) is -0.164. The first kappa shape index (κ1) is 12.7. The van der Waals surface area contributed by atoms with E-state index in [4.69, 9.17) is 18.9 Å². The summed E-state index contributed by atoms with van der Waals surface area (Å²) in [6, 6.07) is 5.50. The first-order valence-corrected chi connectivity index (χ1v) is 6.61. The van der Waals surface area contributed by atoms with E-state index in [-0.39, 0.29) is 6.10 Å². The lowest BCUT2D eigenvalue weighted by molar-refractivity contribution is -0.133. The first-order chi connectivity index (χ1) is 9.34. The van der Waals surface area contributed by atoms with E-state index in [1.54, 1.807) is 0 Å². The van der Waals surface area contributed by atoms with Crippen LogP contribution in [0.15, 0.2) is 18.2 Å². The Morgan fingerprint density at radius 3 is 2.68 bits per heavy atom. The topological polar surface area (TPSA) is 57.2 Å². The molecule has 0 saturated carbocycles. The second-order valence-electron chi connectivity index (χ2n) is 4.69. The zero-order chi connectivity index (χ0) is 13.1. The molecule has 5 nitrogen and oxygen atoms in total. The van der Waals surface area contributed by atoms with Gasteiger partial charge >= 0.3 is 0 Å². The molecule has 1 fully saturated rings. The number of aliphatic hydroxyl groups is 1. The molecule has 1 aromatic carbocycles. The van der Waals surface area contributed by atoms with Crippen molar-refractivity contribution >= 4 is 0 Å². The molecule has 1 aromatic rings. The third kappa shape index (κ3) is 2.83. The first-order valence-electron chi connectivity index (χ1n) is 6.61. The lowest BCUT2D eigenvalue weighted by Gasteiger charge is -2.27. The number of hydrogen-bond donors (Lipinski definition) is 1. The Labute approximate surface area is 112 Å². The van der Waals surface area contributed by atoms with Gasteiger partial charge in [0, 0.05) is 6.42 Å². The Morgan fingerprint density at radius 2 is 1.89 bits per heavy atom.